The molecule has 0 fully saturated rings. The summed E-state index contributed by atoms with van der Waals surface area (Å²) in [6.45, 7) is 0.528. The first-order chi connectivity index (χ1) is 15.6. The van der Waals surface area contributed by atoms with E-state index in [9.17, 15) is 4.79 Å². The van der Waals surface area contributed by atoms with Crippen LogP contribution in [0, 0.1) is 0 Å². The maximum absolute atomic E-state index is 12.4. The zero-order valence-corrected chi connectivity index (χ0v) is 18.3. The average molecular weight is 453 g/mol. The van der Waals surface area contributed by atoms with E-state index in [-0.39, 0.29) is 12.5 Å². The Bertz CT molecular complexity index is 1220. The van der Waals surface area contributed by atoms with Crippen LogP contribution in [0.3, 0.4) is 0 Å². The van der Waals surface area contributed by atoms with Crippen molar-refractivity contribution in [2.45, 2.75) is 13.1 Å². The Morgan fingerprint density at radius 3 is 2.62 bits per heavy atom. The number of ether oxygens (including phenoxy) is 2. The molecule has 4 rings (SSSR count). The second-order valence-corrected chi connectivity index (χ2v) is 7.35. The first-order valence-electron chi connectivity index (χ1n) is 9.80. The molecule has 2 aromatic carbocycles. The molecule has 1 N–H and O–H groups in total. The van der Waals surface area contributed by atoms with Crippen LogP contribution in [0.15, 0.2) is 65.3 Å². The number of carbonyl (C=O) groups is 1. The maximum atomic E-state index is 12.4. The lowest BCUT2D eigenvalue weighted by Gasteiger charge is -2.08. The van der Waals surface area contributed by atoms with Crippen LogP contribution < -0.4 is 14.8 Å². The van der Waals surface area contributed by atoms with Crippen LogP contribution in [-0.2, 0) is 17.9 Å². The topological polar surface area (TPSA) is 91.4 Å². The summed E-state index contributed by atoms with van der Waals surface area (Å²) < 4.78 is 17.8. The van der Waals surface area contributed by atoms with Crippen LogP contribution in [0.5, 0.6) is 11.5 Å². The molecule has 0 aliphatic rings. The van der Waals surface area contributed by atoms with E-state index in [0.29, 0.717) is 40.5 Å². The Labute approximate surface area is 189 Å². The minimum Gasteiger partial charge on any atom is -0.493 e. The molecular weight excluding hydrogens is 432 g/mol. The van der Waals surface area contributed by atoms with Gasteiger partial charge in [-0.3, -0.25) is 4.79 Å². The third-order valence-corrected chi connectivity index (χ3v) is 5.09. The van der Waals surface area contributed by atoms with Gasteiger partial charge >= 0.3 is 0 Å². The van der Waals surface area contributed by atoms with E-state index in [1.165, 1.54) is 0 Å². The Kier molecular flexibility index (Phi) is 6.42. The highest BCUT2D eigenvalue weighted by molar-refractivity contribution is 6.30. The lowest BCUT2D eigenvalue weighted by Crippen LogP contribution is -2.27. The maximum Gasteiger partial charge on any atom is 0.274 e. The molecule has 0 aliphatic carbocycles. The number of aromatic nitrogens is 3. The van der Waals surface area contributed by atoms with Crippen molar-refractivity contribution in [3.63, 3.8) is 0 Å². The summed E-state index contributed by atoms with van der Waals surface area (Å²) in [6.07, 6.45) is 1.79. The van der Waals surface area contributed by atoms with Gasteiger partial charge < -0.3 is 23.9 Å². The fraction of sp³-hybridized carbons (Fsp3) is 0.174. The van der Waals surface area contributed by atoms with Gasteiger partial charge in [0, 0.05) is 23.3 Å². The van der Waals surface area contributed by atoms with Gasteiger partial charge in [0.05, 0.1) is 14.2 Å². The standard InChI is InChI=1S/C23H21ClN4O4/c1-30-19-10-7-16(12-20(19)31-2)22-26-23(32-27-22)18-4-3-11-28(18)14-21(29)25-13-15-5-8-17(24)9-6-15/h3-12H,13-14H2,1-2H3,(H,25,29). The number of hydrogen-bond acceptors (Lipinski definition) is 6. The first kappa shape index (κ1) is 21.5. The number of benzene rings is 2. The Hall–Kier alpha value is -3.78. The van der Waals surface area contributed by atoms with Gasteiger partial charge in [-0.05, 0) is 48.0 Å². The number of methoxy groups -OCH3 is 2. The van der Waals surface area contributed by atoms with Gasteiger partial charge in [0.25, 0.3) is 5.89 Å². The monoisotopic (exact) mass is 452 g/mol. The van der Waals surface area contributed by atoms with Crippen LogP contribution >= 0.6 is 11.6 Å². The fourth-order valence-electron chi connectivity index (χ4n) is 3.18. The molecular formula is C23H21ClN4O4. The molecule has 2 heterocycles. The Morgan fingerprint density at radius 2 is 1.88 bits per heavy atom. The molecule has 0 bridgehead atoms. The lowest BCUT2D eigenvalue weighted by molar-refractivity contribution is -0.121. The second-order valence-electron chi connectivity index (χ2n) is 6.92. The third kappa shape index (κ3) is 4.76. The molecule has 164 valence electrons. The summed E-state index contributed by atoms with van der Waals surface area (Å²) in [5.74, 6) is 1.75. The van der Waals surface area contributed by atoms with E-state index in [2.05, 4.69) is 15.5 Å². The summed E-state index contributed by atoms with van der Waals surface area (Å²) in [7, 11) is 3.14. The van der Waals surface area contributed by atoms with Gasteiger partial charge in [-0.2, -0.15) is 4.98 Å². The largest absolute Gasteiger partial charge is 0.493 e. The van der Waals surface area contributed by atoms with Gasteiger partial charge in [-0.1, -0.05) is 28.9 Å². The minimum atomic E-state index is -0.142. The normalized spacial score (nSPS) is 10.7. The molecule has 0 unspecified atom stereocenters. The van der Waals surface area contributed by atoms with Gasteiger partial charge in [-0.25, -0.2) is 0 Å². The smallest absolute Gasteiger partial charge is 0.274 e. The van der Waals surface area contributed by atoms with Crippen molar-refractivity contribution in [2.75, 3.05) is 14.2 Å². The molecule has 0 aliphatic heterocycles. The molecule has 0 saturated heterocycles. The highest BCUT2D eigenvalue weighted by Crippen LogP contribution is 2.32. The second kappa shape index (κ2) is 9.57. The molecule has 2 aromatic heterocycles. The minimum absolute atomic E-state index is 0.115. The molecule has 0 spiro atoms. The SMILES string of the molecule is COc1ccc(-c2noc(-c3cccn3CC(=O)NCc3ccc(Cl)cc3)n2)cc1OC. The number of rotatable bonds is 8. The quantitative estimate of drug-likeness (QED) is 0.431. The van der Waals surface area contributed by atoms with Crippen LogP contribution in [0.4, 0.5) is 0 Å². The summed E-state index contributed by atoms with van der Waals surface area (Å²) in [6, 6.07) is 16.3. The van der Waals surface area contributed by atoms with E-state index in [4.69, 9.17) is 25.6 Å². The van der Waals surface area contributed by atoms with E-state index >= 15 is 0 Å². The number of amides is 1. The van der Waals surface area contributed by atoms with Crippen molar-refractivity contribution in [1.29, 1.82) is 0 Å². The molecule has 32 heavy (non-hydrogen) atoms. The first-order valence-corrected chi connectivity index (χ1v) is 10.2. The van der Waals surface area contributed by atoms with Crippen molar-refractivity contribution in [3.8, 4) is 34.5 Å². The van der Waals surface area contributed by atoms with Crippen molar-refractivity contribution in [3.05, 3.63) is 71.4 Å². The highest BCUT2D eigenvalue weighted by atomic mass is 35.5. The fourth-order valence-corrected chi connectivity index (χ4v) is 3.31. The van der Waals surface area contributed by atoms with Gasteiger partial charge in [0.2, 0.25) is 11.7 Å². The molecule has 1 amide bonds. The molecule has 0 atom stereocenters. The summed E-state index contributed by atoms with van der Waals surface area (Å²) >= 11 is 5.89. The van der Waals surface area contributed by atoms with Crippen LogP contribution in [0.25, 0.3) is 23.0 Å². The zero-order valence-electron chi connectivity index (χ0n) is 17.5. The van der Waals surface area contributed by atoms with E-state index < -0.39 is 0 Å². The number of halogens is 1. The number of carbonyl (C=O) groups excluding carboxylic acids is 1. The van der Waals surface area contributed by atoms with Crippen molar-refractivity contribution in [2.24, 2.45) is 0 Å². The molecule has 8 nitrogen and oxygen atoms in total. The Balaban J connectivity index is 1.46. The van der Waals surface area contributed by atoms with Gasteiger partial charge in [-0.15, -0.1) is 0 Å². The number of nitrogens with zero attached hydrogens (tertiary/aromatic N) is 3. The van der Waals surface area contributed by atoms with Crippen LogP contribution in [0.1, 0.15) is 5.56 Å². The van der Waals surface area contributed by atoms with Gasteiger partial charge in [0.1, 0.15) is 12.2 Å². The van der Waals surface area contributed by atoms with E-state index in [1.54, 1.807) is 49.2 Å². The Morgan fingerprint density at radius 1 is 1.09 bits per heavy atom. The number of hydrogen-bond donors (Lipinski definition) is 1. The lowest BCUT2D eigenvalue weighted by atomic mass is 10.2. The summed E-state index contributed by atoms with van der Waals surface area (Å²) in [5, 5.41) is 7.62. The van der Waals surface area contributed by atoms with Crippen molar-refractivity contribution >= 4 is 17.5 Å². The van der Waals surface area contributed by atoms with E-state index in [1.807, 2.05) is 30.3 Å². The number of nitrogens with one attached hydrogen (secondary N) is 1. The van der Waals surface area contributed by atoms with Gasteiger partial charge in [0.15, 0.2) is 11.5 Å². The van der Waals surface area contributed by atoms with Crippen molar-refractivity contribution in [1.82, 2.24) is 20.0 Å². The van der Waals surface area contributed by atoms with Crippen molar-refractivity contribution < 1.29 is 18.8 Å². The van der Waals surface area contributed by atoms with E-state index in [0.717, 1.165) is 11.1 Å². The molecule has 4 aromatic rings. The zero-order chi connectivity index (χ0) is 22.5. The molecule has 9 heteroatoms. The molecule has 0 radical (unpaired) electrons. The summed E-state index contributed by atoms with van der Waals surface area (Å²) in [4.78, 5) is 16.9. The van der Waals surface area contributed by atoms with Crippen LogP contribution in [-0.4, -0.2) is 34.8 Å². The average Bonchev–Trinajstić information content (AvgIpc) is 3.47. The molecule has 0 saturated carbocycles. The van der Waals surface area contributed by atoms with Crippen LogP contribution in [0.2, 0.25) is 5.02 Å². The third-order valence-electron chi connectivity index (χ3n) is 4.83. The predicted molar refractivity (Wildman–Crippen MR) is 120 cm³/mol. The summed E-state index contributed by atoms with van der Waals surface area (Å²) in [5.41, 5.74) is 2.33. The predicted octanol–water partition coefficient (Wildman–Crippen LogP) is 4.19. The highest BCUT2D eigenvalue weighted by Gasteiger charge is 2.17.